The highest BCUT2D eigenvalue weighted by molar-refractivity contribution is 6.09. The Morgan fingerprint density at radius 2 is 1.66 bits per heavy atom. The van der Waals surface area contributed by atoms with Gasteiger partial charge < -0.3 is 5.11 Å². The van der Waals surface area contributed by atoms with Crippen LogP contribution < -0.4 is 0 Å². The molecule has 2 heterocycles. The summed E-state index contributed by atoms with van der Waals surface area (Å²) in [7, 11) is 0. The zero-order chi connectivity index (χ0) is 22.8. The Morgan fingerprint density at radius 1 is 0.897 bits per heavy atom. The molecule has 0 atom stereocenters. The Balaban J connectivity index is 2.06. The number of nitrogens with zero attached hydrogens (tertiary/aromatic N) is 2. The fourth-order valence-corrected chi connectivity index (χ4v) is 3.77. The fraction of sp³-hybridized carbons (Fsp3) is 0.346. The van der Waals surface area contributed by atoms with Gasteiger partial charge in [-0.15, -0.1) is 0 Å². The summed E-state index contributed by atoms with van der Waals surface area (Å²) in [6, 6.07) is 15.2. The van der Waals surface area contributed by atoms with Crippen molar-refractivity contribution in [3.63, 3.8) is 0 Å². The first-order valence-electron chi connectivity index (χ1n) is 11.1. The van der Waals surface area contributed by atoms with Crippen LogP contribution >= 0.6 is 0 Å². The largest absolute Gasteiger partial charge is 0.508 e. The van der Waals surface area contributed by atoms with Crippen LogP contribution in [0.25, 0.3) is 27.6 Å². The van der Waals surface area contributed by atoms with Crippen LogP contribution in [0, 0.1) is 5.41 Å². The van der Waals surface area contributed by atoms with Gasteiger partial charge in [0.25, 0.3) is 0 Å². The normalized spacial score (nSPS) is 14.3. The van der Waals surface area contributed by atoms with Crippen molar-refractivity contribution in [3.8, 4) is 11.6 Å². The van der Waals surface area contributed by atoms with Crippen LogP contribution in [0.2, 0.25) is 0 Å². The first kappa shape index (κ1) is 17.1. The van der Waals surface area contributed by atoms with Crippen molar-refractivity contribution >= 4 is 21.8 Å². The average Bonchev–Trinajstić information content (AvgIpc) is 2.99. The molecule has 0 saturated heterocycles. The van der Waals surface area contributed by atoms with Gasteiger partial charge in [0, 0.05) is 25.8 Å². The maximum absolute atomic E-state index is 10.2. The van der Waals surface area contributed by atoms with Crippen molar-refractivity contribution in [2.24, 2.45) is 5.41 Å². The van der Waals surface area contributed by atoms with E-state index < -0.39 is 11.8 Å². The van der Waals surface area contributed by atoms with Gasteiger partial charge in [-0.3, -0.25) is 4.57 Å². The Kier molecular flexibility index (Phi) is 3.90. The molecule has 0 aliphatic heterocycles. The SMILES string of the molecule is [2H]C([2H])(c1ccc2c(c1)c1ccc(O)cc1n2-c1cc(C(C)(C)C)ccn1)C(C)(C)C. The molecule has 0 unspecified atom stereocenters. The second-order valence-corrected chi connectivity index (χ2v) is 9.80. The van der Waals surface area contributed by atoms with Crippen molar-refractivity contribution < 1.29 is 7.85 Å². The van der Waals surface area contributed by atoms with E-state index in [4.69, 9.17) is 2.74 Å². The summed E-state index contributed by atoms with van der Waals surface area (Å²) in [6.45, 7) is 12.3. The van der Waals surface area contributed by atoms with Crippen LogP contribution in [0.3, 0.4) is 0 Å². The lowest BCUT2D eigenvalue weighted by molar-refractivity contribution is 0.411. The van der Waals surface area contributed by atoms with E-state index >= 15 is 0 Å². The van der Waals surface area contributed by atoms with Crippen LogP contribution in [0.1, 0.15) is 55.4 Å². The second-order valence-electron chi connectivity index (χ2n) is 9.80. The molecule has 0 bridgehead atoms. The van der Waals surface area contributed by atoms with Crippen LogP contribution in [-0.2, 0) is 11.8 Å². The van der Waals surface area contributed by atoms with Gasteiger partial charge in [-0.1, -0.05) is 47.6 Å². The lowest BCUT2D eigenvalue weighted by Gasteiger charge is -2.20. The topological polar surface area (TPSA) is 38.0 Å². The summed E-state index contributed by atoms with van der Waals surface area (Å²) in [6.07, 6.45) is 0.333. The molecule has 0 amide bonds. The van der Waals surface area contributed by atoms with Gasteiger partial charge in [-0.25, -0.2) is 4.98 Å². The minimum atomic E-state index is -1.49. The van der Waals surface area contributed by atoms with E-state index in [0.29, 0.717) is 5.56 Å². The van der Waals surface area contributed by atoms with Crippen molar-refractivity contribution in [3.05, 3.63) is 65.9 Å². The smallest absolute Gasteiger partial charge is 0.137 e. The summed E-state index contributed by atoms with van der Waals surface area (Å²) < 4.78 is 19.5. The van der Waals surface area contributed by atoms with Gasteiger partial charge in [-0.2, -0.15) is 0 Å². The molecule has 0 radical (unpaired) electrons. The third-order valence-electron chi connectivity index (χ3n) is 5.11. The van der Waals surface area contributed by atoms with E-state index in [1.165, 1.54) is 5.56 Å². The summed E-state index contributed by atoms with van der Waals surface area (Å²) >= 11 is 0. The van der Waals surface area contributed by atoms with Gasteiger partial charge in [0.05, 0.1) is 11.0 Å². The minimum Gasteiger partial charge on any atom is -0.508 e. The molecule has 0 fully saturated rings. The summed E-state index contributed by atoms with van der Waals surface area (Å²) in [5, 5.41) is 12.1. The lowest BCUT2D eigenvalue weighted by Crippen LogP contribution is -2.12. The number of pyridine rings is 1. The molecule has 4 aromatic rings. The highest BCUT2D eigenvalue weighted by Gasteiger charge is 2.19. The number of hydrogen-bond acceptors (Lipinski definition) is 2. The zero-order valence-electron chi connectivity index (χ0n) is 20.0. The van der Waals surface area contributed by atoms with Gasteiger partial charge in [0.1, 0.15) is 11.6 Å². The van der Waals surface area contributed by atoms with E-state index in [1.54, 1.807) is 12.1 Å². The number of fused-ring (bicyclic) bond motifs is 3. The molecule has 2 aromatic carbocycles. The monoisotopic (exact) mass is 388 g/mol. The molecule has 3 heteroatoms. The predicted molar refractivity (Wildman–Crippen MR) is 122 cm³/mol. The van der Waals surface area contributed by atoms with Crippen LogP contribution in [0.15, 0.2) is 54.7 Å². The third kappa shape index (κ3) is 3.74. The van der Waals surface area contributed by atoms with Crippen LogP contribution in [0.5, 0.6) is 5.75 Å². The second kappa shape index (κ2) is 6.62. The first-order chi connectivity index (χ1) is 14.3. The molecular formula is C26H30N2O. The van der Waals surface area contributed by atoms with Gasteiger partial charge >= 0.3 is 0 Å². The summed E-state index contributed by atoms with van der Waals surface area (Å²) in [5.41, 5.74) is 3.05. The zero-order valence-corrected chi connectivity index (χ0v) is 18.0. The number of aromatic hydroxyl groups is 1. The molecule has 0 aliphatic carbocycles. The van der Waals surface area contributed by atoms with E-state index in [0.717, 1.165) is 27.6 Å². The van der Waals surface area contributed by atoms with Crippen LogP contribution in [-0.4, -0.2) is 14.7 Å². The predicted octanol–water partition coefficient (Wildman–Crippen LogP) is 6.77. The van der Waals surface area contributed by atoms with Crippen molar-refractivity contribution in [1.29, 1.82) is 0 Å². The summed E-state index contributed by atoms with van der Waals surface area (Å²) in [5.74, 6) is 0.971. The standard InChI is InChI=1S/C26H30N2O/c1-25(2,3)16-17-7-10-22-21(13-17)20-9-8-19(29)15-23(20)28(22)24-14-18(11-12-27-24)26(4,5)6/h7-15,29H,16H2,1-6H3/i16D2. The first-order valence-corrected chi connectivity index (χ1v) is 10.1. The Morgan fingerprint density at radius 3 is 2.34 bits per heavy atom. The van der Waals surface area contributed by atoms with Gasteiger partial charge in [0.15, 0.2) is 0 Å². The number of benzene rings is 2. The number of phenolic OH excluding ortho intramolecular Hbond substituents is 1. The third-order valence-corrected chi connectivity index (χ3v) is 5.11. The molecule has 4 rings (SSSR count). The highest BCUT2D eigenvalue weighted by Crippen LogP contribution is 2.35. The molecular weight excluding hydrogens is 356 g/mol. The molecule has 0 spiro atoms. The van der Waals surface area contributed by atoms with Crippen LogP contribution in [0.4, 0.5) is 0 Å². The maximum Gasteiger partial charge on any atom is 0.137 e. The van der Waals surface area contributed by atoms with Gasteiger partial charge in [0.2, 0.25) is 0 Å². The quantitative estimate of drug-likeness (QED) is 0.411. The molecule has 0 aliphatic rings. The van der Waals surface area contributed by atoms with E-state index in [9.17, 15) is 5.11 Å². The van der Waals surface area contributed by atoms with Crippen molar-refractivity contribution in [2.75, 3.05) is 0 Å². The van der Waals surface area contributed by atoms with E-state index in [1.807, 2.05) is 57.3 Å². The number of phenols is 1. The molecule has 1 N–H and O–H groups in total. The van der Waals surface area contributed by atoms with Crippen molar-refractivity contribution in [1.82, 2.24) is 9.55 Å². The molecule has 0 saturated carbocycles. The number of hydrogen-bond donors (Lipinski definition) is 1. The molecule has 150 valence electrons. The lowest BCUT2D eigenvalue weighted by atomic mass is 9.87. The van der Waals surface area contributed by atoms with E-state index in [-0.39, 0.29) is 11.2 Å². The highest BCUT2D eigenvalue weighted by atomic mass is 16.3. The Bertz CT molecular complexity index is 1290. The average molecular weight is 389 g/mol. The summed E-state index contributed by atoms with van der Waals surface area (Å²) in [4.78, 5) is 4.64. The minimum absolute atomic E-state index is 0.0193. The molecule has 3 nitrogen and oxygen atoms in total. The molecule has 2 aromatic heterocycles. The Hall–Kier alpha value is -2.81. The molecule has 29 heavy (non-hydrogen) atoms. The number of aromatic nitrogens is 2. The fourth-order valence-electron chi connectivity index (χ4n) is 3.77. The van der Waals surface area contributed by atoms with E-state index in [2.05, 4.69) is 36.4 Å². The maximum atomic E-state index is 10.2. The number of rotatable bonds is 2. The van der Waals surface area contributed by atoms with Gasteiger partial charge in [-0.05, 0) is 64.7 Å². The Labute approximate surface area is 175 Å². The van der Waals surface area contributed by atoms with Crippen molar-refractivity contribution in [2.45, 2.75) is 53.3 Å².